The van der Waals surface area contributed by atoms with Crippen molar-refractivity contribution in [1.82, 2.24) is 9.80 Å². The number of hydrogen-bond donors (Lipinski definition) is 1. The van der Waals surface area contributed by atoms with Crippen LogP contribution in [0.5, 0.6) is 0 Å². The first-order valence-corrected chi connectivity index (χ1v) is 11.0. The average molecular weight is 425 g/mol. The van der Waals surface area contributed by atoms with Crippen molar-refractivity contribution >= 4 is 23.2 Å². The lowest BCUT2D eigenvalue weighted by Crippen LogP contribution is -2.38. The maximum absolute atomic E-state index is 14.1. The van der Waals surface area contributed by atoms with Crippen molar-refractivity contribution in [3.63, 3.8) is 0 Å². The predicted octanol–water partition coefficient (Wildman–Crippen LogP) is 3.39. The number of piperidine rings is 1. The van der Waals surface area contributed by atoms with Crippen LogP contribution in [0.4, 0.5) is 15.8 Å². The van der Waals surface area contributed by atoms with E-state index in [1.54, 1.807) is 23.1 Å². The maximum atomic E-state index is 14.1. The van der Waals surface area contributed by atoms with Crippen molar-refractivity contribution in [2.75, 3.05) is 49.9 Å². The molecule has 0 radical (unpaired) electrons. The number of carbonyl (C=O) groups is 2. The van der Waals surface area contributed by atoms with Crippen molar-refractivity contribution in [2.45, 2.75) is 25.7 Å². The van der Waals surface area contributed by atoms with Gasteiger partial charge in [-0.15, -0.1) is 0 Å². The second-order valence-corrected chi connectivity index (χ2v) is 8.24. The molecule has 2 amide bonds. The van der Waals surface area contributed by atoms with Gasteiger partial charge in [-0.3, -0.25) is 9.59 Å². The Morgan fingerprint density at radius 2 is 1.42 bits per heavy atom. The molecular weight excluding hydrogens is 395 g/mol. The number of amides is 2. The molecule has 2 aromatic carbocycles. The fourth-order valence-electron chi connectivity index (χ4n) is 4.43. The van der Waals surface area contributed by atoms with Gasteiger partial charge in [0.05, 0.1) is 11.1 Å². The fraction of sp³-hybridized carbons (Fsp3) is 0.417. The summed E-state index contributed by atoms with van der Waals surface area (Å²) in [5.74, 6) is -0.769. The van der Waals surface area contributed by atoms with Gasteiger partial charge in [-0.25, -0.2) is 4.39 Å². The number of benzene rings is 2. The quantitative estimate of drug-likeness (QED) is 0.767. The van der Waals surface area contributed by atoms with Crippen LogP contribution in [0.3, 0.4) is 0 Å². The molecule has 4 rings (SSSR count). The summed E-state index contributed by atoms with van der Waals surface area (Å²) >= 11 is 0. The van der Waals surface area contributed by atoms with Crippen LogP contribution in [0.25, 0.3) is 0 Å². The molecule has 164 valence electrons. The van der Waals surface area contributed by atoms with Gasteiger partial charge in [-0.2, -0.15) is 0 Å². The third-order valence-electron chi connectivity index (χ3n) is 6.12. The molecule has 0 unspecified atom stereocenters. The molecule has 0 saturated carbocycles. The Bertz CT molecular complexity index is 958. The molecule has 2 fully saturated rings. The molecule has 0 atom stereocenters. The Hall–Kier alpha value is -3.09. The minimum Gasteiger partial charge on any atom is -0.399 e. The van der Waals surface area contributed by atoms with Gasteiger partial charge in [0.15, 0.2) is 0 Å². The summed E-state index contributed by atoms with van der Waals surface area (Å²) in [6.07, 6.45) is 3.95. The molecule has 2 aliphatic heterocycles. The first-order chi connectivity index (χ1) is 15.0. The zero-order valence-electron chi connectivity index (χ0n) is 17.7. The highest BCUT2D eigenvalue weighted by molar-refractivity contribution is 6.01. The number of anilines is 2. The van der Waals surface area contributed by atoms with E-state index in [9.17, 15) is 14.0 Å². The van der Waals surface area contributed by atoms with E-state index in [2.05, 4.69) is 4.90 Å². The third-order valence-corrected chi connectivity index (χ3v) is 6.12. The number of carbonyl (C=O) groups excluding carboxylic acids is 2. The van der Waals surface area contributed by atoms with Crippen LogP contribution in [0.15, 0.2) is 42.5 Å². The highest BCUT2D eigenvalue weighted by Gasteiger charge is 2.26. The van der Waals surface area contributed by atoms with Gasteiger partial charge in [0.25, 0.3) is 11.8 Å². The van der Waals surface area contributed by atoms with E-state index < -0.39 is 5.82 Å². The molecule has 2 aromatic rings. The van der Waals surface area contributed by atoms with Crippen molar-refractivity contribution in [3.8, 4) is 0 Å². The third kappa shape index (κ3) is 4.65. The standard InChI is InChI=1S/C24H29FN4O2/c25-21-8-3-2-7-19(21)23(30)29-14-6-13-27(15-16-29)22-10-9-18(26)17-20(22)24(31)28-11-4-1-5-12-28/h2-3,7-10,17H,1,4-6,11-16,26H2. The molecule has 2 aliphatic rings. The van der Waals surface area contributed by atoms with Crippen LogP contribution >= 0.6 is 0 Å². The van der Waals surface area contributed by atoms with Crippen molar-refractivity contribution < 1.29 is 14.0 Å². The Kier molecular flexibility index (Phi) is 6.39. The Morgan fingerprint density at radius 3 is 2.19 bits per heavy atom. The van der Waals surface area contributed by atoms with Gasteiger partial charge >= 0.3 is 0 Å². The molecule has 2 N–H and O–H groups in total. The van der Waals surface area contributed by atoms with Crippen LogP contribution in [-0.4, -0.2) is 60.9 Å². The van der Waals surface area contributed by atoms with E-state index in [0.717, 1.165) is 44.5 Å². The Labute approximate surface area is 182 Å². The average Bonchev–Trinajstić information content (AvgIpc) is 3.05. The lowest BCUT2D eigenvalue weighted by Gasteiger charge is -2.30. The van der Waals surface area contributed by atoms with Gasteiger partial charge < -0.3 is 20.4 Å². The topological polar surface area (TPSA) is 69.9 Å². The van der Waals surface area contributed by atoms with Crippen LogP contribution in [0.2, 0.25) is 0 Å². The number of likely N-dealkylation sites (tertiary alicyclic amines) is 1. The fourth-order valence-corrected chi connectivity index (χ4v) is 4.43. The number of nitrogens with zero attached hydrogens (tertiary/aromatic N) is 3. The molecule has 0 spiro atoms. The minimum absolute atomic E-state index is 0.0190. The summed E-state index contributed by atoms with van der Waals surface area (Å²) in [5, 5.41) is 0. The Morgan fingerprint density at radius 1 is 0.742 bits per heavy atom. The lowest BCUT2D eigenvalue weighted by molar-refractivity contribution is 0.0723. The van der Waals surface area contributed by atoms with Crippen molar-refractivity contribution in [3.05, 3.63) is 59.4 Å². The zero-order chi connectivity index (χ0) is 21.8. The monoisotopic (exact) mass is 424 g/mol. The van der Waals surface area contributed by atoms with Crippen LogP contribution in [0.1, 0.15) is 46.4 Å². The van der Waals surface area contributed by atoms with Gasteiger partial charge in [0.1, 0.15) is 5.82 Å². The molecule has 2 heterocycles. The van der Waals surface area contributed by atoms with E-state index in [1.165, 1.54) is 12.1 Å². The number of nitrogen functional groups attached to an aromatic ring is 1. The second-order valence-electron chi connectivity index (χ2n) is 8.24. The molecule has 2 saturated heterocycles. The SMILES string of the molecule is Nc1ccc(N2CCCN(C(=O)c3ccccc3F)CC2)c(C(=O)N2CCCCC2)c1. The molecule has 31 heavy (non-hydrogen) atoms. The van der Waals surface area contributed by atoms with Crippen molar-refractivity contribution in [2.24, 2.45) is 0 Å². The molecule has 7 heteroatoms. The van der Waals surface area contributed by atoms with E-state index in [-0.39, 0.29) is 17.4 Å². The summed E-state index contributed by atoms with van der Waals surface area (Å²) in [4.78, 5) is 31.8. The summed E-state index contributed by atoms with van der Waals surface area (Å²) < 4.78 is 14.1. The van der Waals surface area contributed by atoms with E-state index in [0.29, 0.717) is 37.4 Å². The van der Waals surface area contributed by atoms with E-state index in [4.69, 9.17) is 5.73 Å². The Balaban J connectivity index is 1.52. The summed E-state index contributed by atoms with van der Waals surface area (Å²) in [6.45, 7) is 3.86. The number of rotatable bonds is 3. The van der Waals surface area contributed by atoms with Gasteiger partial charge in [0, 0.05) is 50.6 Å². The minimum atomic E-state index is -0.499. The number of nitrogens with two attached hydrogens (primary N) is 1. The molecule has 0 aliphatic carbocycles. The number of halogens is 1. The second kappa shape index (κ2) is 9.37. The highest BCUT2D eigenvalue weighted by Crippen LogP contribution is 2.27. The maximum Gasteiger partial charge on any atom is 0.256 e. The summed E-state index contributed by atoms with van der Waals surface area (Å²) in [7, 11) is 0. The first kappa shape index (κ1) is 21.2. The van der Waals surface area contributed by atoms with Gasteiger partial charge in [0.2, 0.25) is 0 Å². The predicted molar refractivity (Wildman–Crippen MR) is 120 cm³/mol. The first-order valence-electron chi connectivity index (χ1n) is 11.0. The molecular formula is C24H29FN4O2. The summed E-state index contributed by atoms with van der Waals surface area (Å²) in [6, 6.07) is 11.6. The zero-order valence-corrected chi connectivity index (χ0v) is 17.7. The van der Waals surface area contributed by atoms with Crippen molar-refractivity contribution in [1.29, 1.82) is 0 Å². The van der Waals surface area contributed by atoms with Crippen LogP contribution in [0, 0.1) is 5.82 Å². The lowest BCUT2D eigenvalue weighted by atomic mass is 10.1. The largest absolute Gasteiger partial charge is 0.399 e. The molecule has 0 bridgehead atoms. The van der Waals surface area contributed by atoms with E-state index in [1.807, 2.05) is 17.0 Å². The normalized spacial score (nSPS) is 17.4. The van der Waals surface area contributed by atoms with Crippen LogP contribution in [-0.2, 0) is 0 Å². The number of hydrogen-bond acceptors (Lipinski definition) is 4. The molecule has 6 nitrogen and oxygen atoms in total. The smallest absolute Gasteiger partial charge is 0.256 e. The summed E-state index contributed by atoms with van der Waals surface area (Å²) in [5.41, 5.74) is 8.16. The van der Waals surface area contributed by atoms with Gasteiger partial charge in [-0.1, -0.05) is 12.1 Å². The van der Waals surface area contributed by atoms with Gasteiger partial charge in [-0.05, 0) is 56.0 Å². The molecule has 0 aromatic heterocycles. The van der Waals surface area contributed by atoms with Crippen LogP contribution < -0.4 is 10.6 Å². The highest BCUT2D eigenvalue weighted by atomic mass is 19.1. The van der Waals surface area contributed by atoms with E-state index >= 15 is 0 Å².